The number of hydrogen-bond donors (Lipinski definition) is 0. The Morgan fingerprint density at radius 2 is 1.84 bits per heavy atom. The fourth-order valence-electron chi connectivity index (χ4n) is 3.80. The summed E-state index contributed by atoms with van der Waals surface area (Å²) in [5, 5.41) is 4.82. The summed E-state index contributed by atoms with van der Waals surface area (Å²) in [5.41, 5.74) is 3.43. The molecule has 3 aromatic rings. The highest BCUT2D eigenvalue weighted by molar-refractivity contribution is 5.93. The van der Waals surface area contributed by atoms with E-state index in [1.165, 1.54) is 12.8 Å². The summed E-state index contributed by atoms with van der Waals surface area (Å²) in [4.78, 5) is 14.6. The molecule has 0 saturated heterocycles. The SMILES string of the molecule is COc1ccc(-c2nn(-c3ccccc3)cc2C=CC(=O)N(C)C(C)C2CC2)cc1OC. The maximum Gasteiger partial charge on any atom is 0.246 e. The van der Waals surface area contributed by atoms with E-state index in [1.54, 1.807) is 20.3 Å². The van der Waals surface area contributed by atoms with Gasteiger partial charge in [-0.05, 0) is 62.1 Å². The Morgan fingerprint density at radius 3 is 2.50 bits per heavy atom. The van der Waals surface area contributed by atoms with Gasteiger partial charge in [-0.1, -0.05) is 18.2 Å². The lowest BCUT2D eigenvalue weighted by Crippen LogP contribution is -2.35. The molecule has 2 aromatic carbocycles. The van der Waals surface area contributed by atoms with Crippen LogP contribution >= 0.6 is 0 Å². The van der Waals surface area contributed by atoms with Gasteiger partial charge >= 0.3 is 0 Å². The average Bonchev–Trinajstić information content (AvgIpc) is 3.60. The molecular formula is C26H29N3O3. The van der Waals surface area contributed by atoms with Crippen LogP contribution in [0.3, 0.4) is 0 Å². The van der Waals surface area contributed by atoms with E-state index in [0.717, 1.165) is 22.5 Å². The van der Waals surface area contributed by atoms with E-state index in [2.05, 4.69) is 6.92 Å². The van der Waals surface area contributed by atoms with Crippen LogP contribution in [0.4, 0.5) is 0 Å². The number of rotatable bonds is 8. The third-order valence-corrected chi connectivity index (χ3v) is 6.09. The van der Waals surface area contributed by atoms with Crippen LogP contribution in [0.1, 0.15) is 25.3 Å². The van der Waals surface area contributed by atoms with Crippen LogP contribution in [0.15, 0.2) is 60.8 Å². The van der Waals surface area contributed by atoms with Crippen LogP contribution in [-0.2, 0) is 4.79 Å². The molecular weight excluding hydrogens is 402 g/mol. The first-order valence-electron chi connectivity index (χ1n) is 10.8. The summed E-state index contributed by atoms with van der Waals surface area (Å²) < 4.78 is 12.7. The zero-order valence-electron chi connectivity index (χ0n) is 19.0. The monoisotopic (exact) mass is 431 g/mol. The minimum Gasteiger partial charge on any atom is -0.493 e. The van der Waals surface area contributed by atoms with Crippen molar-refractivity contribution in [2.75, 3.05) is 21.3 Å². The quantitative estimate of drug-likeness (QED) is 0.480. The zero-order valence-corrected chi connectivity index (χ0v) is 19.0. The lowest BCUT2D eigenvalue weighted by Gasteiger charge is -2.23. The molecule has 6 nitrogen and oxygen atoms in total. The van der Waals surface area contributed by atoms with Crippen molar-refractivity contribution >= 4 is 12.0 Å². The lowest BCUT2D eigenvalue weighted by molar-refractivity contribution is -0.126. The van der Waals surface area contributed by atoms with Gasteiger partial charge in [0, 0.05) is 36.5 Å². The molecule has 0 N–H and O–H groups in total. The molecule has 4 rings (SSSR count). The van der Waals surface area contributed by atoms with E-state index in [1.807, 2.05) is 77.4 Å². The van der Waals surface area contributed by atoms with Gasteiger partial charge in [-0.15, -0.1) is 0 Å². The largest absolute Gasteiger partial charge is 0.493 e. The summed E-state index contributed by atoms with van der Waals surface area (Å²) >= 11 is 0. The summed E-state index contributed by atoms with van der Waals surface area (Å²) in [7, 11) is 5.10. The van der Waals surface area contributed by atoms with E-state index >= 15 is 0 Å². The number of methoxy groups -OCH3 is 2. The Labute approximate surface area is 189 Å². The number of aromatic nitrogens is 2. The summed E-state index contributed by atoms with van der Waals surface area (Å²) in [5.74, 6) is 1.90. The van der Waals surface area contributed by atoms with Gasteiger partial charge in [0.05, 0.1) is 19.9 Å². The van der Waals surface area contributed by atoms with Crippen LogP contribution in [0, 0.1) is 5.92 Å². The minimum atomic E-state index is -0.00452. The highest BCUT2D eigenvalue weighted by atomic mass is 16.5. The molecule has 0 aliphatic heterocycles. The highest BCUT2D eigenvalue weighted by Gasteiger charge is 2.31. The molecule has 1 aliphatic rings. The fraction of sp³-hybridized carbons (Fsp3) is 0.308. The molecule has 1 heterocycles. The van der Waals surface area contributed by atoms with Crippen molar-refractivity contribution in [3.8, 4) is 28.4 Å². The molecule has 0 radical (unpaired) electrons. The van der Waals surface area contributed by atoms with Crippen LogP contribution in [-0.4, -0.2) is 47.9 Å². The number of likely N-dealkylation sites (N-methyl/N-ethyl adjacent to an activating group) is 1. The molecule has 1 amide bonds. The van der Waals surface area contributed by atoms with Crippen molar-refractivity contribution in [1.82, 2.24) is 14.7 Å². The van der Waals surface area contributed by atoms with Crippen LogP contribution in [0.2, 0.25) is 0 Å². The van der Waals surface area contributed by atoms with Gasteiger partial charge in [0.2, 0.25) is 5.91 Å². The van der Waals surface area contributed by atoms with Gasteiger partial charge in [-0.25, -0.2) is 4.68 Å². The number of para-hydroxylation sites is 1. The number of ether oxygens (including phenoxy) is 2. The van der Waals surface area contributed by atoms with Gasteiger partial charge in [0.25, 0.3) is 0 Å². The lowest BCUT2D eigenvalue weighted by atomic mass is 10.1. The second kappa shape index (κ2) is 9.30. The summed E-state index contributed by atoms with van der Waals surface area (Å²) in [6.45, 7) is 2.12. The predicted molar refractivity (Wildman–Crippen MR) is 126 cm³/mol. The highest BCUT2D eigenvalue weighted by Crippen LogP contribution is 2.35. The van der Waals surface area contributed by atoms with E-state index in [9.17, 15) is 4.79 Å². The molecule has 0 spiro atoms. The number of nitrogens with zero attached hydrogens (tertiary/aromatic N) is 3. The Hall–Kier alpha value is -3.54. The molecule has 1 fully saturated rings. The Bertz CT molecular complexity index is 1120. The van der Waals surface area contributed by atoms with Gasteiger partial charge in [-0.2, -0.15) is 5.10 Å². The fourth-order valence-corrected chi connectivity index (χ4v) is 3.80. The maximum atomic E-state index is 12.8. The smallest absolute Gasteiger partial charge is 0.246 e. The van der Waals surface area contributed by atoms with E-state index in [0.29, 0.717) is 17.4 Å². The van der Waals surface area contributed by atoms with Gasteiger partial charge in [0.1, 0.15) is 5.69 Å². The Balaban J connectivity index is 1.70. The van der Waals surface area contributed by atoms with Crippen molar-refractivity contribution in [2.24, 2.45) is 5.92 Å². The molecule has 6 heteroatoms. The van der Waals surface area contributed by atoms with Crippen LogP contribution in [0.5, 0.6) is 11.5 Å². The number of benzene rings is 2. The van der Waals surface area contributed by atoms with Crippen molar-refractivity contribution in [1.29, 1.82) is 0 Å². The Morgan fingerprint density at radius 1 is 1.12 bits per heavy atom. The van der Waals surface area contributed by atoms with Crippen LogP contribution < -0.4 is 9.47 Å². The maximum absolute atomic E-state index is 12.8. The number of carbonyl (C=O) groups excluding carboxylic acids is 1. The van der Waals surface area contributed by atoms with Crippen molar-refractivity contribution in [3.63, 3.8) is 0 Å². The number of hydrogen-bond acceptors (Lipinski definition) is 4. The van der Waals surface area contributed by atoms with Crippen molar-refractivity contribution < 1.29 is 14.3 Å². The van der Waals surface area contributed by atoms with E-state index < -0.39 is 0 Å². The van der Waals surface area contributed by atoms with Crippen molar-refractivity contribution in [2.45, 2.75) is 25.8 Å². The van der Waals surface area contributed by atoms with Crippen LogP contribution in [0.25, 0.3) is 23.0 Å². The number of amides is 1. The predicted octanol–water partition coefficient (Wildman–Crippen LogP) is 4.83. The second-order valence-corrected chi connectivity index (χ2v) is 8.14. The van der Waals surface area contributed by atoms with E-state index in [4.69, 9.17) is 14.6 Å². The standard InChI is InChI=1S/C26H29N3O3/c1-18(19-10-11-19)28(2)25(30)15-13-21-17-29(22-8-6-5-7-9-22)27-26(21)20-12-14-23(31-3)24(16-20)32-4/h5-9,12-19H,10-11H2,1-4H3. The van der Waals surface area contributed by atoms with Crippen molar-refractivity contribution in [3.05, 3.63) is 66.4 Å². The molecule has 1 unspecified atom stereocenters. The summed E-state index contributed by atoms with van der Waals surface area (Å²) in [6, 6.07) is 15.9. The zero-order chi connectivity index (χ0) is 22.7. The first-order chi connectivity index (χ1) is 15.5. The van der Waals surface area contributed by atoms with Gasteiger partial charge < -0.3 is 14.4 Å². The van der Waals surface area contributed by atoms with Gasteiger partial charge in [0.15, 0.2) is 11.5 Å². The Kier molecular flexibility index (Phi) is 6.30. The third kappa shape index (κ3) is 4.54. The number of carbonyl (C=O) groups is 1. The second-order valence-electron chi connectivity index (χ2n) is 8.14. The molecule has 32 heavy (non-hydrogen) atoms. The molecule has 0 bridgehead atoms. The van der Waals surface area contributed by atoms with E-state index in [-0.39, 0.29) is 11.9 Å². The first-order valence-corrected chi connectivity index (χ1v) is 10.8. The average molecular weight is 432 g/mol. The normalized spacial score (nSPS) is 14.4. The molecule has 1 aromatic heterocycles. The summed E-state index contributed by atoms with van der Waals surface area (Å²) in [6.07, 6.45) is 7.83. The molecule has 1 atom stereocenters. The molecule has 1 saturated carbocycles. The minimum absolute atomic E-state index is 0.00452. The first kappa shape index (κ1) is 21.7. The third-order valence-electron chi connectivity index (χ3n) is 6.09. The topological polar surface area (TPSA) is 56.6 Å². The molecule has 166 valence electrons. The molecule has 1 aliphatic carbocycles. The van der Waals surface area contributed by atoms with Gasteiger partial charge in [-0.3, -0.25) is 4.79 Å².